The number of nitrogens with one attached hydrogen (secondary N) is 2. The summed E-state index contributed by atoms with van der Waals surface area (Å²) < 4.78 is 25.0. The topological polar surface area (TPSA) is 75.3 Å². The number of hydrogen-bond acceptors (Lipinski definition) is 3. The maximum absolute atomic E-state index is 12.5. The van der Waals surface area contributed by atoms with Crippen LogP contribution in [0.25, 0.3) is 0 Å². The van der Waals surface area contributed by atoms with Gasteiger partial charge in [-0.15, -0.1) is 0 Å². The molecule has 0 aromatic heterocycles. The Morgan fingerprint density at radius 1 is 1.00 bits per heavy atom. The largest absolute Gasteiger partial charge is 0.346 e. The van der Waals surface area contributed by atoms with E-state index in [0.717, 1.165) is 17.4 Å². The Balaban J connectivity index is 2.19. The molecule has 0 saturated heterocycles. The molecule has 5 nitrogen and oxygen atoms in total. The number of sulfonamides is 1. The quantitative estimate of drug-likeness (QED) is 0.857. The Morgan fingerprint density at radius 3 is 2.28 bits per heavy atom. The molecule has 2 aromatic rings. The van der Waals surface area contributed by atoms with Crippen LogP contribution in [0.5, 0.6) is 0 Å². The molecule has 1 atom stereocenters. The van der Waals surface area contributed by atoms with Gasteiger partial charge in [-0.25, -0.2) is 8.42 Å². The van der Waals surface area contributed by atoms with Gasteiger partial charge in [-0.1, -0.05) is 18.2 Å². The molecule has 134 valence electrons. The second kappa shape index (κ2) is 7.27. The van der Waals surface area contributed by atoms with Gasteiger partial charge >= 0.3 is 0 Å². The molecule has 2 aromatic carbocycles. The second-order valence-electron chi connectivity index (χ2n) is 6.44. The number of rotatable bonds is 5. The van der Waals surface area contributed by atoms with Crippen molar-refractivity contribution >= 4 is 21.6 Å². The number of anilines is 1. The third-order valence-corrected chi connectivity index (χ3v) is 4.73. The number of amides is 1. The van der Waals surface area contributed by atoms with Gasteiger partial charge in [0, 0.05) is 11.3 Å². The Bertz CT molecular complexity index is 905. The minimum absolute atomic E-state index is 0.154. The van der Waals surface area contributed by atoms with Gasteiger partial charge in [-0.05, 0) is 68.1 Å². The maximum atomic E-state index is 12.5. The number of benzene rings is 2. The first-order valence-corrected chi connectivity index (χ1v) is 9.92. The van der Waals surface area contributed by atoms with Crippen LogP contribution in [0.4, 0.5) is 5.69 Å². The van der Waals surface area contributed by atoms with Gasteiger partial charge in [0.25, 0.3) is 5.91 Å². The molecule has 0 spiro atoms. The van der Waals surface area contributed by atoms with Crippen LogP contribution in [-0.4, -0.2) is 20.6 Å². The van der Waals surface area contributed by atoms with Crippen molar-refractivity contribution in [2.45, 2.75) is 33.7 Å². The standard InChI is InChI=1S/C19H24N2O3S/c1-12-9-14(3)18(10-13(12)2)15(4)20-19(22)16-7-6-8-17(11-16)21-25(5,23)24/h6-11,15,21H,1-5H3,(H,20,22)/t15-/m1/s1. The predicted molar refractivity (Wildman–Crippen MR) is 101 cm³/mol. The fourth-order valence-electron chi connectivity index (χ4n) is 2.75. The third-order valence-electron chi connectivity index (χ3n) is 4.12. The first-order chi connectivity index (χ1) is 11.6. The summed E-state index contributed by atoms with van der Waals surface area (Å²) in [5.41, 5.74) is 5.37. The normalized spacial score (nSPS) is 12.5. The summed E-state index contributed by atoms with van der Waals surface area (Å²) in [4.78, 5) is 12.5. The zero-order valence-electron chi connectivity index (χ0n) is 15.2. The second-order valence-corrected chi connectivity index (χ2v) is 8.19. The first kappa shape index (κ1) is 19.0. The summed E-state index contributed by atoms with van der Waals surface area (Å²) in [5, 5.41) is 2.97. The van der Waals surface area contributed by atoms with Crippen LogP contribution in [0.2, 0.25) is 0 Å². The Kier molecular flexibility index (Phi) is 5.52. The molecular formula is C19H24N2O3S. The highest BCUT2D eigenvalue weighted by atomic mass is 32.2. The van der Waals surface area contributed by atoms with E-state index in [2.05, 4.69) is 29.1 Å². The number of carbonyl (C=O) groups is 1. The summed E-state index contributed by atoms with van der Waals surface area (Å²) in [6, 6.07) is 10.5. The smallest absolute Gasteiger partial charge is 0.251 e. The number of aryl methyl sites for hydroxylation is 3. The van der Waals surface area contributed by atoms with Crippen molar-refractivity contribution in [1.29, 1.82) is 0 Å². The van der Waals surface area contributed by atoms with Crippen molar-refractivity contribution in [3.8, 4) is 0 Å². The summed E-state index contributed by atoms with van der Waals surface area (Å²) in [7, 11) is -3.38. The van der Waals surface area contributed by atoms with Gasteiger partial charge in [0.1, 0.15) is 0 Å². The Hall–Kier alpha value is -2.34. The molecule has 0 aliphatic heterocycles. The highest BCUT2D eigenvalue weighted by Gasteiger charge is 2.15. The van der Waals surface area contributed by atoms with E-state index in [4.69, 9.17) is 0 Å². The molecule has 0 bridgehead atoms. The van der Waals surface area contributed by atoms with Gasteiger partial charge in [0.15, 0.2) is 0 Å². The van der Waals surface area contributed by atoms with Gasteiger partial charge in [0.2, 0.25) is 10.0 Å². The van der Waals surface area contributed by atoms with E-state index < -0.39 is 10.0 Å². The van der Waals surface area contributed by atoms with Crippen LogP contribution in [0.15, 0.2) is 36.4 Å². The minimum Gasteiger partial charge on any atom is -0.346 e. The van der Waals surface area contributed by atoms with E-state index in [1.807, 2.05) is 20.8 Å². The molecular weight excluding hydrogens is 336 g/mol. The van der Waals surface area contributed by atoms with Crippen LogP contribution in [-0.2, 0) is 10.0 Å². The van der Waals surface area contributed by atoms with Crippen LogP contribution in [0, 0.1) is 20.8 Å². The van der Waals surface area contributed by atoms with Crippen LogP contribution < -0.4 is 10.0 Å². The van der Waals surface area contributed by atoms with E-state index in [-0.39, 0.29) is 11.9 Å². The molecule has 2 rings (SSSR count). The van der Waals surface area contributed by atoms with Crippen LogP contribution in [0.1, 0.15) is 45.6 Å². The highest BCUT2D eigenvalue weighted by Crippen LogP contribution is 2.22. The lowest BCUT2D eigenvalue weighted by Crippen LogP contribution is -2.27. The average Bonchev–Trinajstić information content (AvgIpc) is 2.49. The molecule has 0 aliphatic rings. The van der Waals surface area contributed by atoms with Crippen molar-refractivity contribution in [2.75, 3.05) is 11.0 Å². The fraction of sp³-hybridized carbons (Fsp3) is 0.316. The molecule has 0 saturated carbocycles. The van der Waals surface area contributed by atoms with E-state index in [1.54, 1.807) is 18.2 Å². The molecule has 2 N–H and O–H groups in total. The van der Waals surface area contributed by atoms with Crippen molar-refractivity contribution < 1.29 is 13.2 Å². The lowest BCUT2D eigenvalue weighted by molar-refractivity contribution is 0.0940. The highest BCUT2D eigenvalue weighted by molar-refractivity contribution is 7.92. The van der Waals surface area contributed by atoms with E-state index in [0.29, 0.717) is 11.3 Å². The fourth-order valence-corrected chi connectivity index (χ4v) is 3.30. The molecule has 0 radical (unpaired) electrons. The molecule has 6 heteroatoms. The summed E-state index contributed by atoms with van der Waals surface area (Å²) in [6.45, 7) is 8.08. The molecule has 25 heavy (non-hydrogen) atoms. The molecule has 1 amide bonds. The summed E-state index contributed by atoms with van der Waals surface area (Å²) in [5.74, 6) is -0.248. The summed E-state index contributed by atoms with van der Waals surface area (Å²) >= 11 is 0. The number of carbonyl (C=O) groups excluding carboxylic acids is 1. The lowest BCUT2D eigenvalue weighted by Gasteiger charge is -2.18. The molecule has 0 aliphatic carbocycles. The summed E-state index contributed by atoms with van der Waals surface area (Å²) in [6.07, 6.45) is 1.07. The van der Waals surface area contributed by atoms with Crippen molar-refractivity contribution in [3.63, 3.8) is 0 Å². The minimum atomic E-state index is -3.38. The zero-order chi connectivity index (χ0) is 18.8. The number of hydrogen-bond donors (Lipinski definition) is 2. The van der Waals surface area contributed by atoms with Gasteiger partial charge in [-0.2, -0.15) is 0 Å². The van der Waals surface area contributed by atoms with Gasteiger partial charge < -0.3 is 5.32 Å². The first-order valence-electron chi connectivity index (χ1n) is 8.03. The lowest BCUT2D eigenvalue weighted by atomic mass is 9.96. The van der Waals surface area contributed by atoms with E-state index in [9.17, 15) is 13.2 Å². The van der Waals surface area contributed by atoms with E-state index >= 15 is 0 Å². The Labute approximate surface area is 149 Å². The van der Waals surface area contributed by atoms with Crippen molar-refractivity contribution in [3.05, 3.63) is 64.2 Å². The third kappa shape index (κ3) is 5.06. The zero-order valence-corrected chi connectivity index (χ0v) is 16.0. The van der Waals surface area contributed by atoms with Gasteiger partial charge in [0.05, 0.1) is 12.3 Å². The van der Waals surface area contributed by atoms with Crippen molar-refractivity contribution in [2.24, 2.45) is 0 Å². The predicted octanol–water partition coefficient (Wildman–Crippen LogP) is 3.47. The molecule has 0 fully saturated rings. The van der Waals surface area contributed by atoms with Gasteiger partial charge in [-0.3, -0.25) is 9.52 Å². The molecule has 0 unspecified atom stereocenters. The molecule has 0 heterocycles. The van der Waals surface area contributed by atoms with Crippen LogP contribution in [0.3, 0.4) is 0 Å². The maximum Gasteiger partial charge on any atom is 0.251 e. The average molecular weight is 360 g/mol. The Morgan fingerprint density at radius 2 is 1.64 bits per heavy atom. The SMILES string of the molecule is Cc1cc(C)c([C@@H](C)NC(=O)c2cccc(NS(C)(=O)=O)c2)cc1C. The van der Waals surface area contributed by atoms with Crippen molar-refractivity contribution in [1.82, 2.24) is 5.32 Å². The van der Waals surface area contributed by atoms with Crippen LogP contribution >= 0.6 is 0 Å². The monoisotopic (exact) mass is 360 g/mol. The van der Waals surface area contributed by atoms with E-state index in [1.165, 1.54) is 17.2 Å².